The number of rotatable bonds is 2. The largest absolute Gasteiger partial charge is 0.385 e. The number of hydrogen-bond acceptors (Lipinski definition) is 1. The van der Waals surface area contributed by atoms with E-state index in [2.05, 4.69) is 74.6 Å². The molecule has 1 N–H and O–H groups in total. The molecule has 2 aromatic carbocycles. The summed E-state index contributed by atoms with van der Waals surface area (Å²) in [7, 11) is 0. The van der Waals surface area contributed by atoms with Crippen LogP contribution in [-0.4, -0.2) is 6.54 Å². The number of fused-ring (bicyclic) bond motifs is 1. The maximum absolute atomic E-state index is 3.56. The molecule has 3 rings (SSSR count). The molecule has 1 unspecified atom stereocenters. The van der Waals surface area contributed by atoms with Crippen molar-refractivity contribution >= 4 is 5.69 Å². The third-order valence-electron chi connectivity index (χ3n) is 4.54. The Morgan fingerprint density at radius 2 is 1.76 bits per heavy atom. The van der Waals surface area contributed by atoms with Gasteiger partial charge in [-0.15, -0.1) is 0 Å². The van der Waals surface area contributed by atoms with E-state index in [4.69, 9.17) is 0 Å². The molecule has 1 atom stereocenters. The molecule has 21 heavy (non-hydrogen) atoms. The Kier molecular flexibility index (Phi) is 3.75. The summed E-state index contributed by atoms with van der Waals surface area (Å²) in [5, 5.41) is 3.56. The van der Waals surface area contributed by atoms with Gasteiger partial charge in [-0.05, 0) is 46.9 Å². The molecule has 2 aromatic rings. The minimum atomic E-state index is 0.322. The molecule has 1 heteroatoms. The highest BCUT2D eigenvalue weighted by Gasteiger charge is 2.30. The highest BCUT2D eigenvalue weighted by atomic mass is 14.9. The third kappa shape index (κ3) is 3.12. The molecule has 1 heterocycles. The Hall–Kier alpha value is -1.76. The molecule has 0 aliphatic carbocycles. The molecule has 1 nitrogen and oxygen atoms in total. The summed E-state index contributed by atoms with van der Waals surface area (Å²) in [5.74, 6) is 0.643. The number of nitrogens with one attached hydrogen (secondary N) is 1. The summed E-state index contributed by atoms with van der Waals surface area (Å²) in [6.07, 6.45) is 2.25. The average Bonchev–Trinajstić information content (AvgIpc) is 2.46. The molecule has 0 spiro atoms. The van der Waals surface area contributed by atoms with Gasteiger partial charge in [-0.2, -0.15) is 0 Å². The maximum atomic E-state index is 3.56. The molecule has 1 aliphatic rings. The van der Waals surface area contributed by atoms with Gasteiger partial charge in [0.05, 0.1) is 0 Å². The first-order chi connectivity index (χ1) is 10.0. The van der Waals surface area contributed by atoms with Gasteiger partial charge in [-0.3, -0.25) is 0 Å². The zero-order valence-electron chi connectivity index (χ0n) is 13.3. The summed E-state index contributed by atoms with van der Waals surface area (Å²) < 4.78 is 0. The van der Waals surface area contributed by atoms with Crippen LogP contribution in [0.5, 0.6) is 0 Å². The molecule has 0 aromatic heterocycles. The van der Waals surface area contributed by atoms with Gasteiger partial charge in [0.15, 0.2) is 0 Å². The first kappa shape index (κ1) is 14.2. The first-order valence-corrected chi connectivity index (χ1v) is 7.94. The van der Waals surface area contributed by atoms with Crippen LogP contribution >= 0.6 is 0 Å². The van der Waals surface area contributed by atoms with Crippen molar-refractivity contribution in [1.82, 2.24) is 0 Å². The standard InChI is InChI=1S/C20H25N/c1-20(2,3)18-11-12-21-19-10-9-16(14-17(18)19)13-15-7-5-4-6-8-15/h4-10,14,18,21H,11-13H2,1-3H3. The van der Waals surface area contributed by atoms with Gasteiger partial charge in [0, 0.05) is 12.2 Å². The molecular formula is C20H25N. The lowest BCUT2D eigenvalue weighted by atomic mass is 9.72. The topological polar surface area (TPSA) is 12.0 Å². The lowest BCUT2D eigenvalue weighted by Gasteiger charge is -2.36. The van der Waals surface area contributed by atoms with Crippen molar-refractivity contribution in [3.05, 3.63) is 65.2 Å². The van der Waals surface area contributed by atoms with Gasteiger partial charge in [0.2, 0.25) is 0 Å². The third-order valence-corrected chi connectivity index (χ3v) is 4.54. The Morgan fingerprint density at radius 1 is 1.00 bits per heavy atom. The van der Waals surface area contributed by atoms with Crippen LogP contribution in [0.2, 0.25) is 0 Å². The van der Waals surface area contributed by atoms with Gasteiger partial charge in [-0.1, -0.05) is 63.2 Å². The molecule has 0 fully saturated rings. The van der Waals surface area contributed by atoms with Gasteiger partial charge < -0.3 is 5.32 Å². The second-order valence-electron chi connectivity index (χ2n) is 7.22. The van der Waals surface area contributed by atoms with Crippen molar-refractivity contribution in [2.45, 2.75) is 39.5 Å². The SMILES string of the molecule is CC(C)(C)C1CCNc2ccc(Cc3ccccc3)cc21. The zero-order valence-corrected chi connectivity index (χ0v) is 13.3. The van der Waals surface area contributed by atoms with Crippen molar-refractivity contribution in [3.8, 4) is 0 Å². The van der Waals surface area contributed by atoms with Crippen molar-refractivity contribution in [2.75, 3.05) is 11.9 Å². The second kappa shape index (κ2) is 5.55. The van der Waals surface area contributed by atoms with E-state index in [0.717, 1.165) is 13.0 Å². The minimum absolute atomic E-state index is 0.322. The van der Waals surface area contributed by atoms with E-state index < -0.39 is 0 Å². The molecule has 0 bridgehead atoms. The molecule has 0 amide bonds. The van der Waals surface area contributed by atoms with Crippen LogP contribution in [0.3, 0.4) is 0 Å². The van der Waals surface area contributed by atoms with Crippen LogP contribution in [0.4, 0.5) is 5.69 Å². The maximum Gasteiger partial charge on any atom is 0.0375 e. The van der Waals surface area contributed by atoms with Gasteiger partial charge in [0.25, 0.3) is 0 Å². The number of benzene rings is 2. The van der Waals surface area contributed by atoms with E-state index in [0.29, 0.717) is 11.3 Å². The highest BCUT2D eigenvalue weighted by molar-refractivity contribution is 5.57. The van der Waals surface area contributed by atoms with Gasteiger partial charge in [0.1, 0.15) is 0 Å². The van der Waals surface area contributed by atoms with E-state index >= 15 is 0 Å². The zero-order chi connectivity index (χ0) is 14.9. The second-order valence-corrected chi connectivity index (χ2v) is 7.22. The summed E-state index contributed by atoms with van der Waals surface area (Å²) in [4.78, 5) is 0. The van der Waals surface area contributed by atoms with Crippen LogP contribution in [0.1, 0.15) is 49.8 Å². The number of hydrogen-bond donors (Lipinski definition) is 1. The van der Waals surface area contributed by atoms with E-state index in [9.17, 15) is 0 Å². The van der Waals surface area contributed by atoms with E-state index in [1.54, 1.807) is 0 Å². The Labute approximate surface area is 128 Å². The van der Waals surface area contributed by atoms with Gasteiger partial charge >= 0.3 is 0 Å². The van der Waals surface area contributed by atoms with Crippen LogP contribution in [0.15, 0.2) is 48.5 Å². The van der Waals surface area contributed by atoms with Gasteiger partial charge in [-0.25, -0.2) is 0 Å². The predicted octanol–water partition coefficient (Wildman–Crippen LogP) is 5.22. The number of anilines is 1. The lowest BCUT2D eigenvalue weighted by molar-refractivity contribution is 0.305. The average molecular weight is 279 g/mol. The fourth-order valence-electron chi connectivity index (χ4n) is 3.41. The normalized spacial score (nSPS) is 18.0. The fraction of sp³-hybridized carbons (Fsp3) is 0.400. The van der Waals surface area contributed by atoms with E-state index in [-0.39, 0.29) is 0 Å². The first-order valence-electron chi connectivity index (χ1n) is 7.94. The van der Waals surface area contributed by atoms with Crippen LogP contribution in [0.25, 0.3) is 0 Å². The Balaban J connectivity index is 1.92. The van der Waals surface area contributed by atoms with Crippen molar-refractivity contribution < 1.29 is 0 Å². The van der Waals surface area contributed by atoms with Crippen LogP contribution in [-0.2, 0) is 6.42 Å². The smallest absolute Gasteiger partial charge is 0.0375 e. The lowest BCUT2D eigenvalue weighted by Crippen LogP contribution is -2.26. The fourth-order valence-corrected chi connectivity index (χ4v) is 3.41. The van der Waals surface area contributed by atoms with E-state index in [1.165, 1.54) is 28.8 Å². The summed E-state index contributed by atoms with van der Waals surface area (Å²) in [5.41, 5.74) is 5.95. The van der Waals surface area contributed by atoms with Crippen molar-refractivity contribution in [2.24, 2.45) is 5.41 Å². The quantitative estimate of drug-likeness (QED) is 0.794. The highest BCUT2D eigenvalue weighted by Crippen LogP contribution is 2.43. The van der Waals surface area contributed by atoms with Crippen LogP contribution < -0.4 is 5.32 Å². The van der Waals surface area contributed by atoms with Crippen molar-refractivity contribution in [1.29, 1.82) is 0 Å². The Morgan fingerprint density at radius 3 is 2.48 bits per heavy atom. The molecule has 0 saturated heterocycles. The summed E-state index contributed by atoms with van der Waals surface area (Å²) in [6, 6.07) is 17.7. The summed E-state index contributed by atoms with van der Waals surface area (Å²) >= 11 is 0. The van der Waals surface area contributed by atoms with Crippen LogP contribution in [0, 0.1) is 5.41 Å². The predicted molar refractivity (Wildman–Crippen MR) is 91.0 cm³/mol. The van der Waals surface area contributed by atoms with E-state index in [1.807, 2.05) is 0 Å². The molecule has 0 radical (unpaired) electrons. The van der Waals surface area contributed by atoms with Crippen molar-refractivity contribution in [3.63, 3.8) is 0 Å². The molecule has 0 saturated carbocycles. The minimum Gasteiger partial charge on any atom is -0.385 e. The molecule has 110 valence electrons. The molecule has 1 aliphatic heterocycles. The Bertz CT molecular complexity index is 607. The molecular weight excluding hydrogens is 254 g/mol. The monoisotopic (exact) mass is 279 g/mol. The summed E-state index contributed by atoms with van der Waals surface area (Å²) in [6.45, 7) is 8.16.